The van der Waals surface area contributed by atoms with Gasteiger partial charge in [-0.15, -0.1) is 0 Å². The number of quaternary nitrogens is 1. The molecule has 0 saturated heterocycles. The van der Waals surface area contributed by atoms with Crippen molar-refractivity contribution in [2.75, 3.05) is 38.2 Å². The molecule has 0 unspecified atom stereocenters. The molecule has 1 aromatic heterocycles. The normalized spacial score (nSPS) is 11.2. The topological polar surface area (TPSA) is 46.9 Å². The maximum absolute atomic E-state index is 14.1. The highest BCUT2D eigenvalue weighted by molar-refractivity contribution is 7.22. The third-order valence-electron chi connectivity index (χ3n) is 4.84. The molecule has 0 saturated carbocycles. The number of thiazole rings is 1. The van der Waals surface area contributed by atoms with E-state index in [2.05, 4.69) is 18.8 Å². The molecule has 0 spiro atoms. The maximum atomic E-state index is 14.1. The summed E-state index contributed by atoms with van der Waals surface area (Å²) in [7, 11) is 1.57. The third kappa shape index (κ3) is 4.31. The van der Waals surface area contributed by atoms with Crippen molar-refractivity contribution in [1.82, 2.24) is 4.98 Å². The van der Waals surface area contributed by atoms with Crippen LogP contribution in [0.1, 0.15) is 24.2 Å². The zero-order valence-electron chi connectivity index (χ0n) is 16.4. The van der Waals surface area contributed by atoms with E-state index < -0.39 is 0 Å². The van der Waals surface area contributed by atoms with Crippen LogP contribution >= 0.6 is 11.3 Å². The summed E-state index contributed by atoms with van der Waals surface area (Å²) in [6.07, 6.45) is 0. The summed E-state index contributed by atoms with van der Waals surface area (Å²) < 4.78 is 20.1. The fourth-order valence-electron chi connectivity index (χ4n) is 3.09. The molecule has 28 heavy (non-hydrogen) atoms. The number of fused-ring (bicyclic) bond motifs is 1. The Hall–Kier alpha value is -2.51. The monoisotopic (exact) mass is 402 g/mol. The van der Waals surface area contributed by atoms with Crippen molar-refractivity contribution in [2.45, 2.75) is 13.8 Å². The number of carbonyl (C=O) groups is 1. The van der Waals surface area contributed by atoms with Gasteiger partial charge in [-0.2, -0.15) is 0 Å². The van der Waals surface area contributed by atoms with E-state index in [0.29, 0.717) is 28.5 Å². The number of benzene rings is 2. The van der Waals surface area contributed by atoms with E-state index in [-0.39, 0.29) is 11.7 Å². The van der Waals surface area contributed by atoms with E-state index in [4.69, 9.17) is 4.74 Å². The first-order valence-corrected chi connectivity index (χ1v) is 10.2. The van der Waals surface area contributed by atoms with Crippen LogP contribution in [0.3, 0.4) is 0 Å². The average molecular weight is 403 g/mol. The van der Waals surface area contributed by atoms with Crippen molar-refractivity contribution in [3.63, 3.8) is 0 Å². The zero-order valence-corrected chi connectivity index (χ0v) is 17.2. The standard InChI is InChI=1S/C21H24FN3O2S/c1-4-24(5-2)12-13-25(20(26)15-8-6-9-16(14-15)27-3)21-23-19-17(22)10-7-11-18(19)28-21/h6-11,14H,4-5,12-13H2,1-3H3/p+1. The van der Waals surface area contributed by atoms with Crippen LogP contribution in [0.15, 0.2) is 42.5 Å². The van der Waals surface area contributed by atoms with Gasteiger partial charge in [0, 0.05) is 5.56 Å². The Kier molecular flexibility index (Phi) is 6.59. The molecule has 0 aliphatic heterocycles. The van der Waals surface area contributed by atoms with Crippen LogP contribution in [-0.4, -0.2) is 44.2 Å². The van der Waals surface area contributed by atoms with Crippen LogP contribution in [0, 0.1) is 5.82 Å². The second kappa shape index (κ2) is 9.12. The fourth-order valence-corrected chi connectivity index (χ4v) is 4.09. The van der Waals surface area contributed by atoms with Crippen molar-refractivity contribution < 1.29 is 18.8 Å². The first-order chi connectivity index (χ1) is 13.6. The van der Waals surface area contributed by atoms with Crippen molar-refractivity contribution in [2.24, 2.45) is 0 Å². The summed E-state index contributed by atoms with van der Waals surface area (Å²) in [5.74, 6) is 0.0866. The van der Waals surface area contributed by atoms with Gasteiger partial charge < -0.3 is 9.64 Å². The van der Waals surface area contributed by atoms with E-state index in [9.17, 15) is 9.18 Å². The molecule has 2 aromatic carbocycles. The van der Waals surface area contributed by atoms with Crippen LogP contribution < -0.4 is 14.5 Å². The molecule has 7 heteroatoms. The number of para-hydroxylation sites is 1. The van der Waals surface area contributed by atoms with Gasteiger partial charge in [-0.05, 0) is 44.2 Å². The number of halogens is 1. The summed E-state index contributed by atoms with van der Waals surface area (Å²) in [6, 6.07) is 11.9. The number of nitrogens with one attached hydrogen (secondary N) is 1. The van der Waals surface area contributed by atoms with Gasteiger partial charge in [-0.3, -0.25) is 9.69 Å². The number of anilines is 1. The Morgan fingerprint density at radius 3 is 2.64 bits per heavy atom. The Morgan fingerprint density at radius 1 is 1.21 bits per heavy atom. The van der Waals surface area contributed by atoms with Crippen LogP contribution in [0.2, 0.25) is 0 Å². The highest BCUT2D eigenvalue weighted by Gasteiger charge is 2.23. The number of amides is 1. The number of hydrogen-bond acceptors (Lipinski definition) is 4. The lowest BCUT2D eigenvalue weighted by atomic mass is 10.2. The minimum absolute atomic E-state index is 0.162. The SMILES string of the molecule is CC[NH+](CC)CCN(C(=O)c1cccc(OC)c1)c1nc2c(F)cccc2s1. The molecule has 3 rings (SSSR count). The number of hydrogen-bond donors (Lipinski definition) is 1. The largest absolute Gasteiger partial charge is 0.497 e. The van der Waals surface area contributed by atoms with E-state index in [1.54, 1.807) is 42.3 Å². The molecule has 3 aromatic rings. The van der Waals surface area contributed by atoms with Crippen molar-refractivity contribution in [1.29, 1.82) is 0 Å². The average Bonchev–Trinajstić information content (AvgIpc) is 3.16. The first kappa shape index (κ1) is 20.2. The minimum Gasteiger partial charge on any atom is -0.497 e. The van der Waals surface area contributed by atoms with Gasteiger partial charge in [0.15, 0.2) is 5.13 Å². The van der Waals surface area contributed by atoms with Gasteiger partial charge in [-0.1, -0.05) is 23.5 Å². The predicted molar refractivity (Wildman–Crippen MR) is 111 cm³/mol. The summed E-state index contributed by atoms with van der Waals surface area (Å²) >= 11 is 1.33. The molecule has 5 nitrogen and oxygen atoms in total. The number of aromatic nitrogens is 1. The third-order valence-corrected chi connectivity index (χ3v) is 5.88. The second-order valence-corrected chi connectivity index (χ2v) is 7.49. The zero-order chi connectivity index (χ0) is 20.1. The molecular weight excluding hydrogens is 377 g/mol. The summed E-state index contributed by atoms with van der Waals surface area (Å²) in [6.45, 7) is 7.51. The molecule has 0 fully saturated rings. The van der Waals surface area contributed by atoms with Gasteiger partial charge in [0.05, 0.1) is 38.0 Å². The molecular formula is C21H25FN3O2S+. The molecule has 0 aliphatic carbocycles. The first-order valence-electron chi connectivity index (χ1n) is 9.41. The van der Waals surface area contributed by atoms with Gasteiger partial charge in [0.25, 0.3) is 5.91 Å². The van der Waals surface area contributed by atoms with Crippen LogP contribution in [0.4, 0.5) is 9.52 Å². The van der Waals surface area contributed by atoms with Gasteiger partial charge in [0.1, 0.15) is 17.1 Å². The van der Waals surface area contributed by atoms with Gasteiger partial charge in [-0.25, -0.2) is 9.37 Å². The molecule has 0 radical (unpaired) electrons. The Balaban J connectivity index is 1.97. The van der Waals surface area contributed by atoms with Gasteiger partial charge >= 0.3 is 0 Å². The molecule has 1 N–H and O–H groups in total. The smallest absolute Gasteiger partial charge is 0.260 e. The number of methoxy groups -OCH3 is 1. The Labute approximate surface area is 168 Å². The second-order valence-electron chi connectivity index (χ2n) is 6.48. The van der Waals surface area contributed by atoms with Crippen LogP contribution in [-0.2, 0) is 0 Å². The van der Waals surface area contributed by atoms with Gasteiger partial charge in [0.2, 0.25) is 0 Å². The maximum Gasteiger partial charge on any atom is 0.260 e. The van der Waals surface area contributed by atoms with E-state index in [1.165, 1.54) is 22.3 Å². The van der Waals surface area contributed by atoms with Crippen molar-refractivity contribution in [3.8, 4) is 5.75 Å². The predicted octanol–water partition coefficient (Wildman–Crippen LogP) is 3.02. The molecule has 0 aliphatic rings. The lowest BCUT2D eigenvalue weighted by Crippen LogP contribution is -3.12. The molecule has 0 atom stereocenters. The van der Waals surface area contributed by atoms with E-state index in [0.717, 1.165) is 24.3 Å². The van der Waals surface area contributed by atoms with Crippen LogP contribution in [0.25, 0.3) is 10.2 Å². The number of likely N-dealkylation sites (N-methyl/N-ethyl adjacent to an activating group) is 1. The summed E-state index contributed by atoms with van der Waals surface area (Å²) in [5.41, 5.74) is 0.828. The number of nitrogens with zero attached hydrogens (tertiary/aromatic N) is 2. The Bertz CT molecular complexity index is 956. The number of carbonyl (C=O) groups excluding carboxylic acids is 1. The molecule has 0 bridgehead atoms. The van der Waals surface area contributed by atoms with Crippen molar-refractivity contribution >= 4 is 32.6 Å². The lowest BCUT2D eigenvalue weighted by Gasteiger charge is -2.23. The molecule has 148 valence electrons. The molecule has 1 heterocycles. The number of ether oxygens (including phenoxy) is 1. The fraction of sp³-hybridized carbons (Fsp3) is 0.333. The highest BCUT2D eigenvalue weighted by atomic mass is 32.1. The van der Waals surface area contributed by atoms with E-state index in [1.807, 2.05) is 6.07 Å². The van der Waals surface area contributed by atoms with Crippen LogP contribution in [0.5, 0.6) is 5.75 Å². The number of rotatable bonds is 8. The summed E-state index contributed by atoms with van der Waals surface area (Å²) in [4.78, 5) is 20.8. The molecule has 1 amide bonds. The quantitative estimate of drug-likeness (QED) is 0.630. The summed E-state index contributed by atoms with van der Waals surface area (Å²) in [5, 5.41) is 0.513. The minimum atomic E-state index is -0.372. The van der Waals surface area contributed by atoms with Crippen molar-refractivity contribution in [3.05, 3.63) is 53.8 Å². The lowest BCUT2D eigenvalue weighted by molar-refractivity contribution is -0.894. The Morgan fingerprint density at radius 2 is 1.96 bits per heavy atom. The van der Waals surface area contributed by atoms with E-state index >= 15 is 0 Å². The highest BCUT2D eigenvalue weighted by Crippen LogP contribution is 2.31.